The highest BCUT2D eigenvalue weighted by molar-refractivity contribution is 5.78. The van der Waals surface area contributed by atoms with Gasteiger partial charge in [-0.3, -0.25) is 14.7 Å². The molecule has 1 aromatic rings. The molecular formula is C15H22N2O2. The number of carbonyl (C=O) groups is 1. The highest BCUT2D eigenvalue weighted by atomic mass is 16.4. The number of rotatable bonds is 3. The summed E-state index contributed by atoms with van der Waals surface area (Å²) < 4.78 is 0. The van der Waals surface area contributed by atoms with Crippen LogP contribution in [0.25, 0.3) is 0 Å². The first-order chi connectivity index (χ1) is 8.84. The maximum Gasteiger partial charge on any atom is 0.323 e. The van der Waals surface area contributed by atoms with Crippen molar-refractivity contribution in [3.8, 4) is 0 Å². The molecule has 1 fully saturated rings. The minimum atomic E-state index is -0.732. The van der Waals surface area contributed by atoms with Crippen LogP contribution in [0.4, 0.5) is 0 Å². The van der Waals surface area contributed by atoms with Crippen molar-refractivity contribution in [1.82, 2.24) is 9.88 Å². The second kappa shape index (κ2) is 4.93. The second-order valence-corrected chi connectivity index (χ2v) is 5.75. The van der Waals surface area contributed by atoms with Crippen LogP contribution >= 0.6 is 0 Å². The Bertz CT molecular complexity index is 490. The number of likely N-dealkylation sites (tertiary alicyclic amines) is 1. The van der Waals surface area contributed by atoms with Gasteiger partial charge in [-0.2, -0.15) is 0 Å². The summed E-state index contributed by atoms with van der Waals surface area (Å²) >= 11 is 0. The van der Waals surface area contributed by atoms with Crippen LogP contribution in [0.1, 0.15) is 42.3 Å². The van der Waals surface area contributed by atoms with Crippen molar-refractivity contribution in [2.24, 2.45) is 0 Å². The Hall–Kier alpha value is -1.42. The number of hydrogen-bond acceptors (Lipinski definition) is 3. The first-order valence-electron chi connectivity index (χ1n) is 6.77. The number of aromatic nitrogens is 1. The zero-order chi connectivity index (χ0) is 14.2. The van der Waals surface area contributed by atoms with Crippen LogP contribution in [0, 0.1) is 20.8 Å². The molecule has 0 aromatic carbocycles. The Labute approximate surface area is 114 Å². The Balaban J connectivity index is 2.29. The van der Waals surface area contributed by atoms with Crippen LogP contribution in [0.5, 0.6) is 0 Å². The maximum absolute atomic E-state index is 11.5. The van der Waals surface area contributed by atoms with Gasteiger partial charge in [-0.15, -0.1) is 0 Å². The molecule has 4 heteroatoms. The summed E-state index contributed by atoms with van der Waals surface area (Å²) in [7, 11) is 0. The standard InChI is InChI=1S/C15H22N2O2/c1-10-8-11(2)16-12(3)13(10)9-17-7-5-6-15(17,4)14(18)19/h8H,5-7,9H2,1-4H3,(H,18,19)/t15-/m0/s1. The van der Waals surface area contributed by atoms with Gasteiger partial charge in [-0.25, -0.2) is 0 Å². The highest BCUT2D eigenvalue weighted by Crippen LogP contribution is 2.31. The Kier molecular flexibility index (Phi) is 3.63. The molecule has 0 aliphatic carbocycles. The van der Waals surface area contributed by atoms with E-state index in [2.05, 4.69) is 22.9 Å². The summed E-state index contributed by atoms with van der Waals surface area (Å²) in [5.74, 6) is -0.722. The summed E-state index contributed by atoms with van der Waals surface area (Å²) in [4.78, 5) is 18.1. The summed E-state index contributed by atoms with van der Waals surface area (Å²) in [6.45, 7) is 9.41. The van der Waals surface area contributed by atoms with Crippen molar-refractivity contribution in [3.05, 3.63) is 28.6 Å². The molecule has 0 radical (unpaired) electrons. The molecule has 0 spiro atoms. The number of carboxylic acids is 1. The molecule has 1 aliphatic rings. The fourth-order valence-electron chi connectivity index (χ4n) is 2.99. The van der Waals surface area contributed by atoms with Crippen LogP contribution in [-0.2, 0) is 11.3 Å². The van der Waals surface area contributed by atoms with Gasteiger partial charge in [-0.1, -0.05) is 0 Å². The predicted molar refractivity (Wildman–Crippen MR) is 74.1 cm³/mol. The minimum Gasteiger partial charge on any atom is -0.480 e. The van der Waals surface area contributed by atoms with Gasteiger partial charge >= 0.3 is 5.97 Å². The number of nitrogens with zero attached hydrogens (tertiary/aromatic N) is 2. The topological polar surface area (TPSA) is 53.4 Å². The zero-order valence-corrected chi connectivity index (χ0v) is 12.2. The van der Waals surface area contributed by atoms with E-state index in [9.17, 15) is 9.90 Å². The largest absolute Gasteiger partial charge is 0.480 e. The third-order valence-corrected chi connectivity index (χ3v) is 4.28. The van der Waals surface area contributed by atoms with E-state index in [1.165, 1.54) is 11.1 Å². The van der Waals surface area contributed by atoms with E-state index in [0.717, 1.165) is 30.8 Å². The van der Waals surface area contributed by atoms with Gasteiger partial charge in [0.25, 0.3) is 0 Å². The Morgan fingerprint density at radius 1 is 1.47 bits per heavy atom. The van der Waals surface area contributed by atoms with Crippen molar-refractivity contribution in [3.63, 3.8) is 0 Å². The van der Waals surface area contributed by atoms with Crippen molar-refractivity contribution < 1.29 is 9.90 Å². The van der Waals surface area contributed by atoms with E-state index in [1.807, 2.05) is 20.8 Å². The molecule has 0 unspecified atom stereocenters. The fraction of sp³-hybridized carbons (Fsp3) is 0.600. The van der Waals surface area contributed by atoms with Crippen LogP contribution in [0.15, 0.2) is 6.07 Å². The number of aliphatic carboxylic acids is 1. The molecule has 1 aliphatic heterocycles. The Morgan fingerprint density at radius 3 is 2.74 bits per heavy atom. The lowest BCUT2D eigenvalue weighted by atomic mass is 9.98. The van der Waals surface area contributed by atoms with E-state index in [4.69, 9.17) is 0 Å². The van der Waals surface area contributed by atoms with Gasteiger partial charge in [0, 0.05) is 17.9 Å². The van der Waals surface area contributed by atoms with Gasteiger partial charge in [0.2, 0.25) is 0 Å². The van der Waals surface area contributed by atoms with E-state index >= 15 is 0 Å². The third kappa shape index (κ3) is 2.50. The highest BCUT2D eigenvalue weighted by Gasteiger charge is 2.43. The Morgan fingerprint density at radius 2 is 2.16 bits per heavy atom. The summed E-state index contributed by atoms with van der Waals surface area (Å²) in [6, 6.07) is 2.07. The van der Waals surface area contributed by atoms with Crippen molar-refractivity contribution in [2.45, 2.75) is 52.6 Å². The van der Waals surface area contributed by atoms with Crippen molar-refractivity contribution in [2.75, 3.05) is 6.54 Å². The van der Waals surface area contributed by atoms with Crippen LogP contribution in [0.3, 0.4) is 0 Å². The lowest BCUT2D eigenvalue weighted by molar-refractivity contribution is -0.148. The van der Waals surface area contributed by atoms with Crippen LogP contribution in [-0.4, -0.2) is 33.0 Å². The van der Waals surface area contributed by atoms with Gasteiger partial charge < -0.3 is 5.11 Å². The fourth-order valence-corrected chi connectivity index (χ4v) is 2.99. The molecule has 1 aromatic heterocycles. The second-order valence-electron chi connectivity index (χ2n) is 5.75. The third-order valence-electron chi connectivity index (χ3n) is 4.28. The molecule has 1 saturated heterocycles. The van der Waals surface area contributed by atoms with E-state index in [-0.39, 0.29) is 0 Å². The molecule has 19 heavy (non-hydrogen) atoms. The molecule has 0 amide bonds. The molecule has 2 rings (SSSR count). The average molecular weight is 262 g/mol. The predicted octanol–water partition coefficient (Wildman–Crippen LogP) is 2.45. The normalized spacial score (nSPS) is 23.8. The summed E-state index contributed by atoms with van der Waals surface area (Å²) in [6.07, 6.45) is 1.67. The number of carboxylic acid groups (broad SMARTS) is 1. The molecule has 1 N–H and O–H groups in total. The average Bonchev–Trinajstić information content (AvgIpc) is 2.66. The number of hydrogen-bond donors (Lipinski definition) is 1. The zero-order valence-electron chi connectivity index (χ0n) is 12.2. The van der Waals surface area contributed by atoms with E-state index < -0.39 is 11.5 Å². The first kappa shape index (κ1) is 14.0. The van der Waals surface area contributed by atoms with Gasteiger partial charge in [0.05, 0.1) is 0 Å². The lowest BCUT2D eigenvalue weighted by Gasteiger charge is -2.32. The first-order valence-corrected chi connectivity index (χ1v) is 6.77. The molecule has 4 nitrogen and oxygen atoms in total. The van der Waals surface area contributed by atoms with E-state index in [0.29, 0.717) is 6.54 Å². The summed E-state index contributed by atoms with van der Waals surface area (Å²) in [5.41, 5.74) is 3.66. The summed E-state index contributed by atoms with van der Waals surface area (Å²) in [5, 5.41) is 9.45. The quantitative estimate of drug-likeness (QED) is 0.909. The molecule has 104 valence electrons. The van der Waals surface area contributed by atoms with Gasteiger partial charge in [0.15, 0.2) is 0 Å². The van der Waals surface area contributed by atoms with Crippen LogP contribution in [0.2, 0.25) is 0 Å². The maximum atomic E-state index is 11.5. The van der Waals surface area contributed by atoms with Gasteiger partial charge in [-0.05, 0) is 64.3 Å². The number of aryl methyl sites for hydroxylation is 3. The molecule has 0 saturated carbocycles. The SMILES string of the molecule is Cc1cc(C)c(CN2CCC[C@@]2(C)C(=O)O)c(C)n1. The molecule has 1 atom stereocenters. The smallest absolute Gasteiger partial charge is 0.323 e. The number of pyridine rings is 1. The van der Waals surface area contributed by atoms with Crippen molar-refractivity contribution >= 4 is 5.97 Å². The van der Waals surface area contributed by atoms with E-state index in [1.54, 1.807) is 0 Å². The monoisotopic (exact) mass is 262 g/mol. The van der Waals surface area contributed by atoms with Crippen LogP contribution < -0.4 is 0 Å². The van der Waals surface area contributed by atoms with Crippen molar-refractivity contribution in [1.29, 1.82) is 0 Å². The van der Waals surface area contributed by atoms with Gasteiger partial charge in [0.1, 0.15) is 5.54 Å². The lowest BCUT2D eigenvalue weighted by Crippen LogP contribution is -2.47. The minimum absolute atomic E-state index is 0.674. The molecule has 2 heterocycles. The molecule has 0 bridgehead atoms. The molecular weight excluding hydrogens is 240 g/mol.